The summed E-state index contributed by atoms with van der Waals surface area (Å²) in [4.78, 5) is 2.95. The molecule has 0 amide bonds. The number of nitrogens with one attached hydrogen (secondary N) is 1. The first kappa shape index (κ1) is 11.7. The Morgan fingerprint density at radius 2 is 2.21 bits per heavy atom. The lowest BCUT2D eigenvalue weighted by atomic mass is 10.1. The van der Waals surface area contributed by atoms with E-state index in [1.807, 2.05) is 11.3 Å². The minimum atomic E-state index is 0.650. The van der Waals surface area contributed by atoms with Gasteiger partial charge in [-0.05, 0) is 51.8 Å². The molecule has 0 aliphatic heterocycles. The van der Waals surface area contributed by atoms with Crippen LogP contribution in [0.15, 0.2) is 12.1 Å². The van der Waals surface area contributed by atoms with Crippen molar-refractivity contribution in [3.63, 3.8) is 0 Å². The molecule has 1 heterocycles. The van der Waals surface area contributed by atoms with Crippen LogP contribution in [0.25, 0.3) is 0 Å². The lowest BCUT2D eigenvalue weighted by molar-refractivity contribution is 0.515. The van der Waals surface area contributed by atoms with E-state index in [1.165, 1.54) is 29.0 Å². The van der Waals surface area contributed by atoms with E-state index < -0.39 is 0 Å². The van der Waals surface area contributed by atoms with Crippen molar-refractivity contribution in [3.05, 3.63) is 21.9 Å². The molecule has 14 heavy (non-hydrogen) atoms. The van der Waals surface area contributed by atoms with Gasteiger partial charge in [0.1, 0.15) is 0 Å². The summed E-state index contributed by atoms with van der Waals surface area (Å²) in [6.45, 7) is 7.80. The van der Waals surface area contributed by atoms with Crippen LogP contribution < -0.4 is 5.32 Å². The van der Waals surface area contributed by atoms with Gasteiger partial charge in [0.25, 0.3) is 0 Å². The van der Waals surface area contributed by atoms with Crippen molar-refractivity contribution in [1.29, 1.82) is 0 Å². The lowest BCUT2D eigenvalue weighted by Crippen LogP contribution is -2.26. The van der Waals surface area contributed by atoms with Crippen LogP contribution in [-0.2, 0) is 6.42 Å². The largest absolute Gasteiger partial charge is 0.314 e. The third-order valence-electron chi connectivity index (χ3n) is 2.36. The molecule has 1 aromatic rings. The molecule has 0 aromatic carbocycles. The smallest absolute Gasteiger partial charge is 0.00486 e. The molecular formula is C12H21NS. The van der Waals surface area contributed by atoms with Gasteiger partial charge in [-0.2, -0.15) is 0 Å². The van der Waals surface area contributed by atoms with Crippen LogP contribution in [0.5, 0.6) is 0 Å². The van der Waals surface area contributed by atoms with E-state index in [1.54, 1.807) is 0 Å². The minimum absolute atomic E-state index is 0.650. The summed E-state index contributed by atoms with van der Waals surface area (Å²) >= 11 is 1.93. The Hall–Kier alpha value is -0.340. The molecular weight excluding hydrogens is 190 g/mol. The second kappa shape index (κ2) is 6.20. The maximum absolute atomic E-state index is 3.51. The molecule has 0 spiro atoms. The first-order valence-electron chi connectivity index (χ1n) is 5.51. The van der Waals surface area contributed by atoms with Crippen molar-refractivity contribution in [3.8, 4) is 0 Å². The second-order valence-corrected chi connectivity index (χ2v) is 5.28. The minimum Gasteiger partial charge on any atom is -0.314 e. The van der Waals surface area contributed by atoms with Crippen LogP contribution in [0, 0.1) is 6.92 Å². The quantitative estimate of drug-likeness (QED) is 0.760. The third kappa shape index (κ3) is 4.25. The lowest BCUT2D eigenvalue weighted by Gasteiger charge is -2.11. The van der Waals surface area contributed by atoms with Gasteiger partial charge in [0, 0.05) is 15.8 Å². The standard InChI is InChI=1S/C12H21NS/c1-4-9-13-10(2)5-7-12-8-6-11(3)14-12/h6,8,10,13H,4-5,7,9H2,1-3H3. The molecule has 0 aliphatic carbocycles. The number of rotatable bonds is 6. The fraction of sp³-hybridized carbons (Fsp3) is 0.667. The molecule has 1 rings (SSSR count). The van der Waals surface area contributed by atoms with E-state index in [9.17, 15) is 0 Å². The zero-order valence-electron chi connectivity index (χ0n) is 9.47. The topological polar surface area (TPSA) is 12.0 Å². The molecule has 1 unspecified atom stereocenters. The highest BCUT2D eigenvalue weighted by atomic mass is 32.1. The Balaban J connectivity index is 2.20. The van der Waals surface area contributed by atoms with Gasteiger partial charge in [-0.3, -0.25) is 0 Å². The number of hydrogen-bond donors (Lipinski definition) is 1. The summed E-state index contributed by atoms with van der Waals surface area (Å²) in [6.07, 6.45) is 3.69. The molecule has 0 aliphatic rings. The van der Waals surface area contributed by atoms with E-state index in [4.69, 9.17) is 0 Å². The molecule has 80 valence electrons. The average Bonchev–Trinajstić information content (AvgIpc) is 2.58. The maximum Gasteiger partial charge on any atom is 0.00486 e. The maximum atomic E-state index is 3.51. The van der Waals surface area contributed by atoms with E-state index in [0.29, 0.717) is 6.04 Å². The van der Waals surface area contributed by atoms with Gasteiger partial charge in [-0.1, -0.05) is 6.92 Å². The fourth-order valence-electron chi connectivity index (χ4n) is 1.47. The molecule has 1 atom stereocenters. The van der Waals surface area contributed by atoms with E-state index in [2.05, 4.69) is 38.2 Å². The van der Waals surface area contributed by atoms with Gasteiger partial charge in [-0.15, -0.1) is 11.3 Å². The number of thiophene rings is 1. The molecule has 0 fully saturated rings. The Labute approximate surface area is 91.5 Å². The normalized spacial score (nSPS) is 13.1. The summed E-state index contributed by atoms with van der Waals surface area (Å²) in [5.74, 6) is 0. The van der Waals surface area contributed by atoms with Crippen LogP contribution in [-0.4, -0.2) is 12.6 Å². The zero-order valence-corrected chi connectivity index (χ0v) is 10.3. The molecule has 1 N–H and O–H groups in total. The second-order valence-electron chi connectivity index (χ2n) is 3.91. The fourth-order valence-corrected chi connectivity index (χ4v) is 2.38. The predicted molar refractivity (Wildman–Crippen MR) is 65.1 cm³/mol. The van der Waals surface area contributed by atoms with Crippen molar-refractivity contribution in [2.24, 2.45) is 0 Å². The van der Waals surface area contributed by atoms with Gasteiger partial charge >= 0.3 is 0 Å². The first-order chi connectivity index (χ1) is 6.72. The van der Waals surface area contributed by atoms with Gasteiger partial charge in [0.15, 0.2) is 0 Å². The average molecular weight is 211 g/mol. The van der Waals surface area contributed by atoms with Gasteiger partial charge < -0.3 is 5.32 Å². The molecule has 0 radical (unpaired) electrons. The van der Waals surface area contributed by atoms with E-state index in [0.717, 1.165) is 6.54 Å². The summed E-state index contributed by atoms with van der Waals surface area (Å²) < 4.78 is 0. The first-order valence-corrected chi connectivity index (χ1v) is 6.32. The van der Waals surface area contributed by atoms with Crippen molar-refractivity contribution in [2.45, 2.75) is 46.1 Å². The highest BCUT2D eigenvalue weighted by molar-refractivity contribution is 7.11. The van der Waals surface area contributed by atoms with Crippen LogP contribution in [0.1, 0.15) is 36.4 Å². The highest BCUT2D eigenvalue weighted by Crippen LogP contribution is 2.17. The van der Waals surface area contributed by atoms with Crippen molar-refractivity contribution >= 4 is 11.3 Å². The Bertz CT molecular complexity index is 255. The van der Waals surface area contributed by atoms with Crippen molar-refractivity contribution in [1.82, 2.24) is 5.32 Å². The third-order valence-corrected chi connectivity index (χ3v) is 3.42. The summed E-state index contributed by atoms with van der Waals surface area (Å²) in [7, 11) is 0. The zero-order chi connectivity index (χ0) is 10.4. The summed E-state index contributed by atoms with van der Waals surface area (Å²) in [5.41, 5.74) is 0. The Morgan fingerprint density at radius 1 is 1.43 bits per heavy atom. The molecule has 0 saturated heterocycles. The monoisotopic (exact) mass is 211 g/mol. The van der Waals surface area contributed by atoms with Crippen molar-refractivity contribution in [2.75, 3.05) is 6.54 Å². The molecule has 2 heteroatoms. The van der Waals surface area contributed by atoms with Crippen LogP contribution in [0.4, 0.5) is 0 Å². The molecule has 0 saturated carbocycles. The highest BCUT2D eigenvalue weighted by Gasteiger charge is 2.02. The molecule has 1 nitrogen and oxygen atoms in total. The van der Waals surface area contributed by atoms with E-state index in [-0.39, 0.29) is 0 Å². The van der Waals surface area contributed by atoms with Crippen LogP contribution >= 0.6 is 11.3 Å². The summed E-state index contributed by atoms with van der Waals surface area (Å²) in [6, 6.07) is 5.12. The number of hydrogen-bond acceptors (Lipinski definition) is 2. The Kier molecular flexibility index (Phi) is 5.20. The SMILES string of the molecule is CCCNC(C)CCc1ccc(C)s1. The number of aryl methyl sites for hydroxylation is 2. The predicted octanol–water partition coefficient (Wildman–Crippen LogP) is 3.38. The van der Waals surface area contributed by atoms with Crippen LogP contribution in [0.3, 0.4) is 0 Å². The summed E-state index contributed by atoms with van der Waals surface area (Å²) in [5, 5.41) is 3.51. The van der Waals surface area contributed by atoms with Gasteiger partial charge in [0.2, 0.25) is 0 Å². The molecule has 1 aromatic heterocycles. The van der Waals surface area contributed by atoms with Crippen LogP contribution in [0.2, 0.25) is 0 Å². The Morgan fingerprint density at radius 3 is 2.79 bits per heavy atom. The van der Waals surface area contributed by atoms with E-state index >= 15 is 0 Å². The molecule has 0 bridgehead atoms. The van der Waals surface area contributed by atoms with Gasteiger partial charge in [0.05, 0.1) is 0 Å². The van der Waals surface area contributed by atoms with Crippen molar-refractivity contribution < 1.29 is 0 Å². The van der Waals surface area contributed by atoms with Gasteiger partial charge in [-0.25, -0.2) is 0 Å².